The Morgan fingerprint density at radius 3 is 2.59 bits per heavy atom. The highest BCUT2D eigenvalue weighted by molar-refractivity contribution is 5.47. The Hall–Kier alpha value is -1.77. The second kappa shape index (κ2) is 6.15. The summed E-state index contributed by atoms with van der Waals surface area (Å²) in [4.78, 5) is 2.02. The third-order valence-corrected chi connectivity index (χ3v) is 4.53. The van der Waals surface area contributed by atoms with Crippen LogP contribution in [0.4, 0.5) is 5.88 Å². The molecule has 0 spiro atoms. The molecule has 0 fully saturated rings. The lowest BCUT2D eigenvalue weighted by Gasteiger charge is -2.22. The second-order valence-electron chi connectivity index (χ2n) is 7.09. The molecule has 1 aliphatic rings. The van der Waals surface area contributed by atoms with Gasteiger partial charge in [-0.05, 0) is 42.2 Å². The van der Waals surface area contributed by atoms with Crippen LogP contribution in [0.15, 0.2) is 28.8 Å². The van der Waals surface area contributed by atoms with E-state index in [2.05, 4.69) is 43.3 Å². The van der Waals surface area contributed by atoms with E-state index < -0.39 is 0 Å². The second-order valence-corrected chi connectivity index (χ2v) is 7.09. The molecule has 0 saturated carbocycles. The van der Waals surface area contributed by atoms with Crippen LogP contribution >= 0.6 is 0 Å². The van der Waals surface area contributed by atoms with Crippen LogP contribution in [0.2, 0.25) is 0 Å². The Kier molecular flexibility index (Phi) is 4.23. The first kappa shape index (κ1) is 15.1. The lowest BCUT2D eigenvalue weighted by Crippen LogP contribution is -2.15. The average molecular weight is 298 g/mol. The summed E-state index contributed by atoms with van der Waals surface area (Å²) in [5.41, 5.74) is 5.32. The fraction of sp³-hybridized carbons (Fsp3) is 0.526. The summed E-state index contributed by atoms with van der Waals surface area (Å²) in [6.07, 6.45) is 4.39. The molecule has 3 nitrogen and oxygen atoms in total. The number of hydrogen-bond donors (Lipinski definition) is 0. The van der Waals surface area contributed by atoms with Crippen molar-refractivity contribution in [1.29, 1.82) is 0 Å². The molecule has 0 bridgehead atoms. The lowest BCUT2D eigenvalue weighted by molar-refractivity contribution is 0.413. The van der Waals surface area contributed by atoms with Crippen molar-refractivity contribution in [2.24, 2.45) is 5.92 Å². The molecule has 1 unspecified atom stereocenters. The van der Waals surface area contributed by atoms with Crippen molar-refractivity contribution in [3.63, 3.8) is 0 Å². The summed E-state index contributed by atoms with van der Waals surface area (Å²) < 4.78 is 5.50. The van der Waals surface area contributed by atoms with Gasteiger partial charge in [0.2, 0.25) is 5.88 Å². The predicted octanol–water partition coefficient (Wildman–Crippen LogP) is 4.21. The first-order chi connectivity index (χ1) is 10.5. The first-order valence-electron chi connectivity index (χ1n) is 8.28. The summed E-state index contributed by atoms with van der Waals surface area (Å²) in [5.74, 6) is 2.21. The summed E-state index contributed by atoms with van der Waals surface area (Å²) in [5, 5.41) is 4.29. The van der Waals surface area contributed by atoms with Gasteiger partial charge in [0.25, 0.3) is 0 Å². The van der Waals surface area contributed by atoms with Crippen molar-refractivity contribution in [3.05, 3.63) is 46.6 Å². The Labute approximate surface area is 133 Å². The molecule has 0 radical (unpaired) electrons. The van der Waals surface area contributed by atoms with Crippen molar-refractivity contribution >= 4 is 5.88 Å². The van der Waals surface area contributed by atoms with E-state index in [1.54, 1.807) is 0 Å². The van der Waals surface area contributed by atoms with Crippen LogP contribution < -0.4 is 4.90 Å². The van der Waals surface area contributed by atoms with Gasteiger partial charge in [-0.15, -0.1) is 0 Å². The van der Waals surface area contributed by atoms with Gasteiger partial charge in [0.1, 0.15) is 0 Å². The third-order valence-electron chi connectivity index (χ3n) is 4.53. The number of rotatable bonds is 4. The molecule has 1 atom stereocenters. The maximum absolute atomic E-state index is 5.50. The minimum absolute atomic E-state index is 0.570. The minimum atomic E-state index is 0.570. The first-order valence-corrected chi connectivity index (χ1v) is 8.28. The molecule has 1 heterocycles. The Morgan fingerprint density at radius 2 is 1.95 bits per heavy atom. The Balaban J connectivity index is 1.74. The van der Waals surface area contributed by atoms with Gasteiger partial charge >= 0.3 is 0 Å². The fourth-order valence-corrected chi connectivity index (χ4v) is 3.43. The minimum Gasteiger partial charge on any atom is -0.347 e. The highest BCUT2D eigenvalue weighted by Crippen LogP contribution is 2.36. The van der Waals surface area contributed by atoms with Crippen molar-refractivity contribution in [1.82, 2.24) is 5.16 Å². The predicted molar refractivity (Wildman–Crippen MR) is 90.6 cm³/mol. The van der Waals surface area contributed by atoms with Crippen molar-refractivity contribution in [2.75, 3.05) is 19.0 Å². The maximum Gasteiger partial charge on any atom is 0.230 e. The smallest absolute Gasteiger partial charge is 0.230 e. The van der Waals surface area contributed by atoms with Crippen LogP contribution in [0.3, 0.4) is 0 Å². The lowest BCUT2D eigenvalue weighted by atomic mass is 9.82. The van der Waals surface area contributed by atoms with Crippen molar-refractivity contribution in [3.8, 4) is 0 Å². The van der Waals surface area contributed by atoms with Crippen LogP contribution in [0.5, 0.6) is 0 Å². The van der Waals surface area contributed by atoms with Gasteiger partial charge in [-0.3, -0.25) is 0 Å². The quantitative estimate of drug-likeness (QED) is 0.846. The summed E-state index contributed by atoms with van der Waals surface area (Å²) in [6, 6.07) is 9.19. The van der Waals surface area contributed by atoms with E-state index in [1.165, 1.54) is 23.1 Å². The Bertz CT molecular complexity index is 625. The van der Waals surface area contributed by atoms with E-state index in [-0.39, 0.29) is 0 Å². The normalized spacial score (nSPS) is 17.6. The summed E-state index contributed by atoms with van der Waals surface area (Å²) in [6.45, 7) is 4.53. The average Bonchev–Trinajstić information content (AvgIpc) is 2.90. The van der Waals surface area contributed by atoms with E-state index in [9.17, 15) is 0 Å². The molecule has 3 rings (SSSR count). The van der Waals surface area contributed by atoms with Crippen LogP contribution in [0, 0.1) is 5.92 Å². The van der Waals surface area contributed by atoms with Crippen LogP contribution in [-0.2, 0) is 19.3 Å². The van der Waals surface area contributed by atoms with Gasteiger partial charge in [-0.25, -0.2) is 0 Å². The summed E-state index contributed by atoms with van der Waals surface area (Å²) in [7, 11) is 4.03. The van der Waals surface area contributed by atoms with Gasteiger partial charge in [-0.1, -0.05) is 43.3 Å². The molecule has 22 heavy (non-hydrogen) atoms. The molecular weight excluding hydrogens is 272 g/mol. The van der Waals surface area contributed by atoms with E-state index in [4.69, 9.17) is 4.52 Å². The molecule has 0 saturated heterocycles. The van der Waals surface area contributed by atoms with Crippen LogP contribution in [-0.4, -0.2) is 19.3 Å². The molecule has 3 heteroatoms. The van der Waals surface area contributed by atoms with E-state index in [0.717, 1.165) is 30.8 Å². The van der Waals surface area contributed by atoms with Gasteiger partial charge in [0.15, 0.2) is 0 Å². The van der Waals surface area contributed by atoms with Crippen LogP contribution in [0.25, 0.3) is 0 Å². The number of benzene rings is 1. The van der Waals surface area contributed by atoms with E-state index in [0.29, 0.717) is 11.8 Å². The molecule has 0 N–H and O–H groups in total. The summed E-state index contributed by atoms with van der Waals surface area (Å²) >= 11 is 0. The number of fused-ring (bicyclic) bond motifs is 1. The number of anilines is 1. The zero-order valence-electron chi connectivity index (χ0n) is 14.1. The highest BCUT2D eigenvalue weighted by Gasteiger charge is 2.27. The van der Waals surface area contributed by atoms with Gasteiger partial charge in [-0.2, -0.15) is 0 Å². The molecule has 0 amide bonds. The van der Waals surface area contributed by atoms with Crippen LogP contribution in [0.1, 0.15) is 48.6 Å². The fourth-order valence-electron chi connectivity index (χ4n) is 3.43. The maximum atomic E-state index is 5.50. The zero-order chi connectivity index (χ0) is 15.7. The van der Waals surface area contributed by atoms with Crippen molar-refractivity contribution in [2.45, 2.75) is 45.4 Å². The van der Waals surface area contributed by atoms with Gasteiger partial charge in [0.05, 0.1) is 5.69 Å². The standard InChI is InChI=1S/C19H26N2O/c1-13(2)11-14-5-7-15(8-6-14)16-9-10-17-18(12-16)20-22-19(17)21(3)4/h5-8,13,16H,9-12H2,1-4H3. The van der Waals surface area contributed by atoms with E-state index in [1.807, 2.05) is 19.0 Å². The van der Waals surface area contributed by atoms with Crippen molar-refractivity contribution < 1.29 is 4.52 Å². The number of hydrogen-bond acceptors (Lipinski definition) is 3. The topological polar surface area (TPSA) is 29.3 Å². The molecular formula is C19H26N2O. The van der Waals surface area contributed by atoms with Gasteiger partial charge < -0.3 is 9.42 Å². The number of aromatic nitrogens is 1. The number of nitrogens with zero attached hydrogens (tertiary/aromatic N) is 2. The highest BCUT2D eigenvalue weighted by atomic mass is 16.5. The van der Waals surface area contributed by atoms with E-state index >= 15 is 0 Å². The Morgan fingerprint density at radius 1 is 1.23 bits per heavy atom. The molecule has 1 aromatic heterocycles. The zero-order valence-corrected chi connectivity index (χ0v) is 14.1. The molecule has 2 aromatic rings. The van der Waals surface area contributed by atoms with Gasteiger partial charge in [0, 0.05) is 26.1 Å². The molecule has 1 aliphatic carbocycles. The monoisotopic (exact) mass is 298 g/mol. The SMILES string of the molecule is CC(C)Cc1ccc(C2CCc3c(noc3N(C)C)C2)cc1. The third kappa shape index (κ3) is 3.03. The molecule has 1 aromatic carbocycles. The molecule has 0 aliphatic heterocycles. The molecule has 118 valence electrons. The largest absolute Gasteiger partial charge is 0.347 e.